The molecule has 4 nitrogen and oxygen atoms in total. The van der Waals surface area contributed by atoms with Crippen LogP contribution in [0.2, 0.25) is 4.34 Å². The van der Waals surface area contributed by atoms with Crippen molar-refractivity contribution >= 4 is 34.9 Å². The van der Waals surface area contributed by atoms with Crippen LogP contribution in [0.25, 0.3) is 5.70 Å². The molecule has 1 atom stereocenters. The average molecular weight is 274 g/mol. The fourth-order valence-corrected chi connectivity index (χ4v) is 2.32. The second-order valence-corrected chi connectivity index (χ2v) is 5.72. The van der Waals surface area contributed by atoms with E-state index in [4.69, 9.17) is 23.2 Å². The average Bonchev–Trinajstić information content (AvgIpc) is 2.65. The molecule has 1 rings (SSSR count). The van der Waals surface area contributed by atoms with Gasteiger partial charge in [0, 0.05) is 6.20 Å². The highest BCUT2D eigenvalue weighted by molar-refractivity contribution is 7.17. The minimum Gasteiger partial charge on any atom is -0.396 e. The molecule has 94 valence electrons. The fraction of sp³-hybridized carbons (Fsp3) is 0.364. The van der Waals surface area contributed by atoms with Gasteiger partial charge in [-0.05, 0) is 18.1 Å². The maximum atomic E-state index is 10.9. The Balaban J connectivity index is 2.84. The lowest BCUT2D eigenvalue weighted by Crippen LogP contribution is -2.41. The first kappa shape index (κ1) is 14.0. The molecule has 4 N–H and O–H groups in total. The molecule has 1 unspecified atom stereocenters. The Labute approximate surface area is 110 Å². The second-order valence-electron chi connectivity index (χ2n) is 4.01. The Morgan fingerprint density at radius 3 is 2.59 bits per heavy atom. The molecule has 0 saturated heterocycles. The topological polar surface area (TPSA) is 72.3 Å². The van der Waals surface area contributed by atoms with Gasteiger partial charge in [-0.25, -0.2) is 5.84 Å². The maximum absolute atomic E-state index is 10.9. The van der Waals surface area contributed by atoms with Gasteiger partial charge in [0.05, 0.1) is 14.9 Å². The highest BCUT2D eigenvalue weighted by Crippen LogP contribution is 2.25. The predicted octanol–water partition coefficient (Wildman–Crippen LogP) is 2.06. The monoisotopic (exact) mass is 273 g/mol. The quantitative estimate of drug-likeness (QED) is 0.489. The summed E-state index contributed by atoms with van der Waals surface area (Å²) >= 11 is 7.18. The van der Waals surface area contributed by atoms with E-state index in [2.05, 4.69) is 0 Å². The molecule has 6 heteroatoms. The standard InChI is InChI=1S/C11H16ClN3OS/c1-7(2)9(6-16)15(14)5-8(13)10-3-4-11(12)17-10/h3-7,9H,13-14H2,1-2H3/b8-5-. The van der Waals surface area contributed by atoms with Crippen molar-refractivity contribution in [3.8, 4) is 0 Å². The number of hydrazine groups is 1. The summed E-state index contributed by atoms with van der Waals surface area (Å²) in [6.45, 7) is 3.84. The van der Waals surface area contributed by atoms with Gasteiger partial charge >= 0.3 is 0 Å². The van der Waals surface area contributed by atoms with Crippen LogP contribution < -0.4 is 11.6 Å². The maximum Gasteiger partial charge on any atom is 0.144 e. The molecule has 0 aromatic carbocycles. The van der Waals surface area contributed by atoms with Crippen molar-refractivity contribution in [1.29, 1.82) is 0 Å². The summed E-state index contributed by atoms with van der Waals surface area (Å²) < 4.78 is 0.663. The summed E-state index contributed by atoms with van der Waals surface area (Å²) in [5.41, 5.74) is 6.37. The molecule has 0 aliphatic rings. The normalized spacial score (nSPS) is 13.8. The van der Waals surface area contributed by atoms with E-state index in [1.165, 1.54) is 16.3 Å². The Morgan fingerprint density at radius 2 is 2.18 bits per heavy atom. The van der Waals surface area contributed by atoms with Crippen molar-refractivity contribution < 1.29 is 4.79 Å². The summed E-state index contributed by atoms with van der Waals surface area (Å²) in [7, 11) is 0. The lowest BCUT2D eigenvalue weighted by molar-refractivity contribution is -0.112. The summed E-state index contributed by atoms with van der Waals surface area (Å²) in [5.74, 6) is 5.91. The van der Waals surface area contributed by atoms with Crippen LogP contribution >= 0.6 is 22.9 Å². The first-order chi connectivity index (χ1) is 7.95. The molecule has 0 radical (unpaired) electrons. The number of nitrogens with zero attached hydrogens (tertiary/aromatic N) is 1. The third kappa shape index (κ3) is 3.73. The Hall–Kier alpha value is -1.04. The lowest BCUT2D eigenvalue weighted by Gasteiger charge is -2.24. The van der Waals surface area contributed by atoms with E-state index in [1.54, 1.807) is 12.3 Å². The van der Waals surface area contributed by atoms with Crippen molar-refractivity contribution in [3.63, 3.8) is 0 Å². The first-order valence-electron chi connectivity index (χ1n) is 5.17. The number of thiophene rings is 1. The largest absolute Gasteiger partial charge is 0.396 e. The van der Waals surface area contributed by atoms with Crippen LogP contribution in [0.5, 0.6) is 0 Å². The van der Waals surface area contributed by atoms with E-state index in [0.717, 1.165) is 11.2 Å². The van der Waals surface area contributed by atoms with E-state index in [-0.39, 0.29) is 12.0 Å². The SMILES string of the molecule is CC(C)C(C=O)N(N)/C=C(\N)c1ccc(Cl)s1. The van der Waals surface area contributed by atoms with Gasteiger partial charge in [0.25, 0.3) is 0 Å². The number of hydrogen-bond donors (Lipinski definition) is 2. The van der Waals surface area contributed by atoms with Crippen molar-refractivity contribution in [1.82, 2.24) is 5.01 Å². The number of carbonyl (C=O) groups is 1. The van der Waals surface area contributed by atoms with E-state index in [9.17, 15) is 4.79 Å². The molecular weight excluding hydrogens is 258 g/mol. The molecule has 0 bridgehead atoms. The van der Waals surface area contributed by atoms with Crippen LogP contribution in [0.3, 0.4) is 0 Å². The van der Waals surface area contributed by atoms with Gasteiger partial charge in [0.2, 0.25) is 0 Å². The zero-order valence-corrected chi connectivity index (χ0v) is 11.3. The zero-order valence-electron chi connectivity index (χ0n) is 9.76. The van der Waals surface area contributed by atoms with Gasteiger partial charge in [0.15, 0.2) is 0 Å². The smallest absolute Gasteiger partial charge is 0.144 e. The van der Waals surface area contributed by atoms with Crippen molar-refractivity contribution in [2.75, 3.05) is 0 Å². The molecule has 0 amide bonds. The van der Waals surface area contributed by atoms with Crippen molar-refractivity contribution in [2.24, 2.45) is 17.5 Å². The second kappa shape index (κ2) is 6.05. The van der Waals surface area contributed by atoms with Crippen LogP contribution in [0, 0.1) is 5.92 Å². The van der Waals surface area contributed by atoms with Gasteiger partial charge in [-0.15, -0.1) is 11.3 Å². The van der Waals surface area contributed by atoms with Gasteiger partial charge in [-0.3, -0.25) is 0 Å². The third-order valence-electron chi connectivity index (χ3n) is 2.31. The van der Waals surface area contributed by atoms with E-state index in [0.29, 0.717) is 10.0 Å². The summed E-state index contributed by atoms with van der Waals surface area (Å²) in [5, 5.41) is 1.33. The van der Waals surface area contributed by atoms with Crippen LogP contribution in [0.15, 0.2) is 18.3 Å². The van der Waals surface area contributed by atoms with Crippen LogP contribution in [-0.2, 0) is 4.79 Å². The molecule has 0 aliphatic carbocycles. The molecule has 0 spiro atoms. The highest BCUT2D eigenvalue weighted by atomic mass is 35.5. The molecule has 1 aromatic heterocycles. The number of rotatable bonds is 5. The van der Waals surface area contributed by atoms with E-state index in [1.807, 2.05) is 19.9 Å². The van der Waals surface area contributed by atoms with Crippen LogP contribution in [0.1, 0.15) is 18.7 Å². The van der Waals surface area contributed by atoms with E-state index >= 15 is 0 Å². The van der Waals surface area contributed by atoms with Crippen LogP contribution in [0.4, 0.5) is 0 Å². The van der Waals surface area contributed by atoms with E-state index < -0.39 is 0 Å². The summed E-state index contributed by atoms with van der Waals surface area (Å²) in [6.07, 6.45) is 2.37. The van der Waals surface area contributed by atoms with Crippen molar-refractivity contribution in [2.45, 2.75) is 19.9 Å². The molecule has 1 heterocycles. The van der Waals surface area contributed by atoms with Gasteiger partial charge < -0.3 is 15.5 Å². The summed E-state index contributed by atoms with van der Waals surface area (Å²) in [6, 6.07) is 3.20. The number of halogens is 1. The number of nitrogens with two attached hydrogens (primary N) is 2. The minimum atomic E-state index is -0.385. The van der Waals surface area contributed by atoms with Gasteiger partial charge in [-0.2, -0.15) is 0 Å². The Morgan fingerprint density at radius 1 is 1.53 bits per heavy atom. The van der Waals surface area contributed by atoms with Gasteiger partial charge in [0.1, 0.15) is 12.3 Å². The van der Waals surface area contributed by atoms with Crippen molar-refractivity contribution in [3.05, 3.63) is 27.5 Å². The highest BCUT2D eigenvalue weighted by Gasteiger charge is 2.16. The molecule has 17 heavy (non-hydrogen) atoms. The fourth-order valence-electron chi connectivity index (χ4n) is 1.35. The lowest BCUT2D eigenvalue weighted by atomic mass is 10.1. The molecule has 1 aromatic rings. The number of hydrogen-bond acceptors (Lipinski definition) is 5. The summed E-state index contributed by atoms with van der Waals surface area (Å²) in [4.78, 5) is 11.7. The predicted molar refractivity (Wildman–Crippen MR) is 72.2 cm³/mol. The number of aldehydes is 1. The first-order valence-corrected chi connectivity index (χ1v) is 6.36. The molecule has 0 saturated carbocycles. The molecule has 0 aliphatic heterocycles. The Kier molecular flexibility index (Phi) is 4.99. The molecule has 0 fully saturated rings. The minimum absolute atomic E-state index is 0.119. The third-order valence-corrected chi connectivity index (χ3v) is 3.59. The molecular formula is C11H16ClN3OS. The van der Waals surface area contributed by atoms with Crippen LogP contribution in [-0.4, -0.2) is 17.3 Å². The Bertz CT molecular complexity index is 417. The van der Waals surface area contributed by atoms with Gasteiger partial charge in [-0.1, -0.05) is 25.4 Å². The number of carbonyl (C=O) groups excluding carboxylic acids is 1. The zero-order chi connectivity index (χ0) is 13.0.